The quantitative estimate of drug-likeness (QED) is 0.791. The molecule has 1 N–H and O–H groups in total. The van der Waals surface area contributed by atoms with Gasteiger partial charge in [-0.25, -0.2) is 4.68 Å². The van der Waals surface area contributed by atoms with Crippen molar-refractivity contribution >= 4 is 0 Å². The summed E-state index contributed by atoms with van der Waals surface area (Å²) in [4.78, 5) is 0. The Morgan fingerprint density at radius 1 is 1.47 bits per heavy atom. The van der Waals surface area contributed by atoms with Crippen molar-refractivity contribution in [2.75, 3.05) is 0 Å². The van der Waals surface area contributed by atoms with Crippen LogP contribution < -0.4 is 0 Å². The van der Waals surface area contributed by atoms with Gasteiger partial charge < -0.3 is 5.11 Å². The predicted molar refractivity (Wildman–Crippen MR) is 54.2 cm³/mol. The van der Waals surface area contributed by atoms with Gasteiger partial charge in [-0.05, 0) is 23.8 Å². The van der Waals surface area contributed by atoms with Gasteiger partial charge in [-0.2, -0.15) is 10.4 Å². The van der Waals surface area contributed by atoms with Crippen molar-refractivity contribution in [3.05, 3.63) is 47.8 Å². The van der Waals surface area contributed by atoms with E-state index in [-0.39, 0.29) is 6.61 Å². The highest BCUT2D eigenvalue weighted by Crippen LogP contribution is 2.15. The standard InChI is InChI=1S/C11H9N3O/c12-7-10-6-9(8-15)2-3-11(10)14-5-1-4-13-14/h1-6,15H,8H2. The molecule has 2 rings (SSSR count). The van der Waals surface area contributed by atoms with Gasteiger partial charge in [0.1, 0.15) is 6.07 Å². The van der Waals surface area contributed by atoms with Crippen molar-refractivity contribution in [2.24, 2.45) is 0 Å². The van der Waals surface area contributed by atoms with E-state index in [0.29, 0.717) is 5.56 Å². The van der Waals surface area contributed by atoms with Crippen LogP contribution in [0.3, 0.4) is 0 Å². The summed E-state index contributed by atoms with van der Waals surface area (Å²) in [5, 5.41) is 22.0. The fourth-order valence-electron chi connectivity index (χ4n) is 1.38. The highest BCUT2D eigenvalue weighted by molar-refractivity contribution is 5.50. The van der Waals surface area contributed by atoms with Crippen molar-refractivity contribution in [2.45, 2.75) is 6.61 Å². The van der Waals surface area contributed by atoms with Gasteiger partial charge in [0.2, 0.25) is 0 Å². The molecule has 0 atom stereocenters. The zero-order valence-corrected chi connectivity index (χ0v) is 7.96. The van der Waals surface area contributed by atoms with Crippen molar-refractivity contribution in [1.29, 1.82) is 5.26 Å². The van der Waals surface area contributed by atoms with E-state index >= 15 is 0 Å². The largest absolute Gasteiger partial charge is 0.392 e. The minimum atomic E-state index is -0.0614. The minimum Gasteiger partial charge on any atom is -0.392 e. The van der Waals surface area contributed by atoms with Gasteiger partial charge in [0.25, 0.3) is 0 Å². The lowest BCUT2D eigenvalue weighted by Crippen LogP contribution is -1.98. The van der Waals surface area contributed by atoms with Gasteiger partial charge in [0.05, 0.1) is 17.9 Å². The van der Waals surface area contributed by atoms with Crippen LogP contribution in [0.25, 0.3) is 5.69 Å². The van der Waals surface area contributed by atoms with Crippen molar-refractivity contribution in [3.8, 4) is 11.8 Å². The summed E-state index contributed by atoms with van der Waals surface area (Å²) in [6.45, 7) is -0.0614. The van der Waals surface area contributed by atoms with E-state index in [1.54, 1.807) is 41.3 Å². The lowest BCUT2D eigenvalue weighted by atomic mass is 10.1. The second kappa shape index (κ2) is 3.95. The molecule has 0 amide bonds. The predicted octanol–water partition coefficient (Wildman–Crippen LogP) is 1.24. The van der Waals surface area contributed by atoms with Crippen LogP contribution in [0.15, 0.2) is 36.7 Å². The molecule has 0 aliphatic carbocycles. The third-order valence-electron chi connectivity index (χ3n) is 2.12. The zero-order chi connectivity index (χ0) is 10.7. The smallest absolute Gasteiger partial charge is 0.101 e. The Morgan fingerprint density at radius 2 is 2.33 bits per heavy atom. The fourth-order valence-corrected chi connectivity index (χ4v) is 1.38. The van der Waals surface area contributed by atoms with Gasteiger partial charge in [-0.1, -0.05) is 6.07 Å². The Morgan fingerprint density at radius 3 is 2.93 bits per heavy atom. The van der Waals surface area contributed by atoms with Crippen LogP contribution in [-0.2, 0) is 6.61 Å². The summed E-state index contributed by atoms with van der Waals surface area (Å²) < 4.78 is 1.62. The molecule has 4 nitrogen and oxygen atoms in total. The number of rotatable bonds is 2. The number of hydrogen-bond donors (Lipinski definition) is 1. The van der Waals surface area contributed by atoms with Crippen LogP contribution >= 0.6 is 0 Å². The van der Waals surface area contributed by atoms with E-state index < -0.39 is 0 Å². The van der Waals surface area contributed by atoms with Crippen molar-refractivity contribution in [3.63, 3.8) is 0 Å². The second-order valence-corrected chi connectivity index (χ2v) is 3.07. The summed E-state index contributed by atoms with van der Waals surface area (Å²) in [6, 6.07) is 9.09. The minimum absolute atomic E-state index is 0.0614. The highest BCUT2D eigenvalue weighted by atomic mass is 16.3. The van der Waals surface area contributed by atoms with Gasteiger partial charge in [-0.3, -0.25) is 0 Å². The number of aliphatic hydroxyl groups is 1. The molecule has 1 aromatic carbocycles. The van der Waals surface area contributed by atoms with Crippen LogP contribution in [0.2, 0.25) is 0 Å². The molecular weight excluding hydrogens is 190 g/mol. The van der Waals surface area contributed by atoms with E-state index in [4.69, 9.17) is 10.4 Å². The molecule has 0 bridgehead atoms. The SMILES string of the molecule is N#Cc1cc(CO)ccc1-n1cccn1. The molecule has 0 saturated carbocycles. The number of nitrogens with zero attached hydrogens (tertiary/aromatic N) is 3. The first-order valence-corrected chi connectivity index (χ1v) is 4.49. The Labute approximate surface area is 87.0 Å². The molecule has 0 spiro atoms. The molecule has 0 radical (unpaired) electrons. The number of benzene rings is 1. The second-order valence-electron chi connectivity index (χ2n) is 3.07. The zero-order valence-electron chi connectivity index (χ0n) is 7.96. The van der Waals surface area contributed by atoms with Gasteiger partial charge in [0.15, 0.2) is 0 Å². The maximum Gasteiger partial charge on any atom is 0.101 e. The molecule has 2 aromatic rings. The number of aromatic nitrogens is 2. The average Bonchev–Trinajstić information content (AvgIpc) is 2.81. The summed E-state index contributed by atoms with van der Waals surface area (Å²) in [5.74, 6) is 0. The summed E-state index contributed by atoms with van der Waals surface area (Å²) >= 11 is 0. The maximum absolute atomic E-state index is 8.96. The van der Waals surface area contributed by atoms with Gasteiger partial charge >= 0.3 is 0 Å². The van der Waals surface area contributed by atoms with Crippen molar-refractivity contribution in [1.82, 2.24) is 9.78 Å². The van der Waals surface area contributed by atoms with Gasteiger partial charge in [-0.15, -0.1) is 0 Å². The van der Waals surface area contributed by atoms with E-state index in [9.17, 15) is 0 Å². The van der Waals surface area contributed by atoms with Gasteiger partial charge in [0, 0.05) is 12.4 Å². The first-order valence-electron chi connectivity index (χ1n) is 4.49. The van der Waals surface area contributed by atoms with Crippen LogP contribution in [0.1, 0.15) is 11.1 Å². The highest BCUT2D eigenvalue weighted by Gasteiger charge is 2.04. The molecule has 0 fully saturated rings. The van der Waals surface area contributed by atoms with Crippen molar-refractivity contribution < 1.29 is 5.11 Å². The molecule has 74 valence electrons. The van der Waals surface area contributed by atoms with Crippen LogP contribution in [0.5, 0.6) is 0 Å². The Hall–Kier alpha value is -2.12. The van der Waals surface area contributed by atoms with Crippen LogP contribution in [0, 0.1) is 11.3 Å². The number of hydrogen-bond acceptors (Lipinski definition) is 3. The number of nitriles is 1. The van der Waals surface area contributed by atoms with E-state index in [1.807, 2.05) is 0 Å². The summed E-state index contributed by atoms with van der Waals surface area (Å²) in [7, 11) is 0. The van der Waals surface area contributed by atoms with E-state index in [1.165, 1.54) is 0 Å². The number of aliphatic hydroxyl groups excluding tert-OH is 1. The summed E-state index contributed by atoms with van der Waals surface area (Å²) in [6.07, 6.45) is 3.43. The molecule has 1 aromatic heterocycles. The van der Waals surface area contributed by atoms with Crippen LogP contribution in [0.4, 0.5) is 0 Å². The molecule has 0 aliphatic rings. The lowest BCUT2D eigenvalue weighted by molar-refractivity contribution is 0.282. The molecular formula is C11H9N3O. The third-order valence-corrected chi connectivity index (χ3v) is 2.12. The molecule has 4 heteroatoms. The molecule has 0 unspecified atom stereocenters. The Balaban J connectivity index is 2.54. The first-order chi connectivity index (χ1) is 7.35. The Bertz CT molecular complexity index is 497. The lowest BCUT2D eigenvalue weighted by Gasteiger charge is -2.05. The van der Waals surface area contributed by atoms with E-state index in [2.05, 4.69) is 11.2 Å². The molecule has 0 saturated heterocycles. The first kappa shape index (κ1) is 9.44. The molecule has 0 aliphatic heterocycles. The fraction of sp³-hybridized carbons (Fsp3) is 0.0909. The maximum atomic E-state index is 8.96. The molecule has 15 heavy (non-hydrogen) atoms. The van der Waals surface area contributed by atoms with Crippen LogP contribution in [-0.4, -0.2) is 14.9 Å². The summed E-state index contributed by atoms with van der Waals surface area (Å²) in [5.41, 5.74) is 1.95. The molecule has 1 heterocycles. The van der Waals surface area contributed by atoms with E-state index in [0.717, 1.165) is 11.3 Å². The topological polar surface area (TPSA) is 61.8 Å². The third kappa shape index (κ3) is 1.73. The average molecular weight is 199 g/mol. The Kier molecular flexibility index (Phi) is 2.48. The monoisotopic (exact) mass is 199 g/mol. The normalized spacial score (nSPS) is 9.87.